The number of nitrogens with one attached hydrogen (secondary N) is 1. The number of benzene rings is 1. The Morgan fingerprint density at radius 2 is 1.94 bits per heavy atom. The van der Waals surface area contributed by atoms with E-state index in [9.17, 15) is 14.4 Å². The van der Waals surface area contributed by atoms with Crippen LogP contribution in [0.1, 0.15) is 56.6 Å². The number of carbonyl (C=O) groups is 3. The number of amides is 4. The number of urea groups is 1. The standard InChI is InChI=1S/C25H35N3O4/c1-3-12-25(23(30)28(24(31)26-25)17-21-9-6-15-32-21)20-10-13-27(14-11-20)22(29)16-19-8-5-4-7-18(19)2/h4-5,7-8,20-21H,3,6,9-17H2,1-2H3,(H,26,31)/t21-,25+/m0/s1. The van der Waals surface area contributed by atoms with Gasteiger partial charge < -0.3 is 15.0 Å². The van der Waals surface area contributed by atoms with Crippen LogP contribution in [0.25, 0.3) is 0 Å². The molecule has 1 aromatic carbocycles. The number of imide groups is 1. The lowest BCUT2D eigenvalue weighted by Gasteiger charge is -2.41. The predicted octanol–water partition coefficient (Wildman–Crippen LogP) is 3.05. The van der Waals surface area contributed by atoms with E-state index in [-0.39, 0.29) is 29.9 Å². The number of hydrogen-bond donors (Lipinski definition) is 1. The van der Waals surface area contributed by atoms with E-state index in [1.807, 2.05) is 43.0 Å². The van der Waals surface area contributed by atoms with E-state index in [1.54, 1.807) is 0 Å². The van der Waals surface area contributed by atoms with Gasteiger partial charge in [0.15, 0.2) is 0 Å². The molecule has 0 saturated carbocycles. The first-order chi connectivity index (χ1) is 15.4. The average molecular weight is 442 g/mol. The van der Waals surface area contributed by atoms with E-state index in [4.69, 9.17) is 4.74 Å². The second-order valence-corrected chi connectivity index (χ2v) is 9.46. The first kappa shape index (κ1) is 22.8. The molecular weight excluding hydrogens is 406 g/mol. The minimum absolute atomic E-state index is 0.0379. The fourth-order valence-corrected chi connectivity index (χ4v) is 5.55. The van der Waals surface area contributed by atoms with E-state index in [1.165, 1.54) is 4.90 Å². The Balaban J connectivity index is 1.41. The molecule has 0 spiro atoms. The molecule has 3 saturated heterocycles. The Hall–Kier alpha value is -2.41. The number of aryl methyl sites for hydroxylation is 1. The third kappa shape index (κ3) is 4.40. The Morgan fingerprint density at radius 1 is 1.19 bits per heavy atom. The fraction of sp³-hybridized carbons (Fsp3) is 0.640. The molecule has 3 aliphatic rings. The number of rotatable bonds is 7. The van der Waals surface area contributed by atoms with Gasteiger partial charge in [0.05, 0.1) is 19.1 Å². The van der Waals surface area contributed by atoms with Gasteiger partial charge in [-0.3, -0.25) is 14.5 Å². The molecule has 0 radical (unpaired) electrons. The van der Waals surface area contributed by atoms with Crippen molar-refractivity contribution in [3.63, 3.8) is 0 Å². The van der Waals surface area contributed by atoms with Crippen molar-refractivity contribution in [2.45, 2.75) is 70.4 Å². The molecule has 0 bridgehead atoms. The highest BCUT2D eigenvalue weighted by Gasteiger charge is 2.55. The van der Waals surface area contributed by atoms with Gasteiger partial charge in [0.1, 0.15) is 5.54 Å². The average Bonchev–Trinajstić information content (AvgIpc) is 3.39. The smallest absolute Gasteiger partial charge is 0.325 e. The zero-order valence-corrected chi connectivity index (χ0v) is 19.3. The van der Waals surface area contributed by atoms with Crippen LogP contribution in [-0.4, -0.2) is 65.5 Å². The van der Waals surface area contributed by atoms with Gasteiger partial charge in [-0.25, -0.2) is 4.79 Å². The van der Waals surface area contributed by atoms with Crippen LogP contribution in [0.4, 0.5) is 4.79 Å². The maximum atomic E-state index is 13.5. The summed E-state index contributed by atoms with van der Waals surface area (Å²) < 4.78 is 5.66. The first-order valence-corrected chi connectivity index (χ1v) is 12.0. The molecule has 32 heavy (non-hydrogen) atoms. The Kier molecular flexibility index (Phi) is 6.84. The van der Waals surface area contributed by atoms with Crippen molar-refractivity contribution in [3.8, 4) is 0 Å². The molecule has 7 heteroatoms. The normalized spacial score (nSPS) is 26.6. The largest absolute Gasteiger partial charge is 0.376 e. The molecule has 3 fully saturated rings. The van der Waals surface area contributed by atoms with Gasteiger partial charge in [0.2, 0.25) is 5.91 Å². The summed E-state index contributed by atoms with van der Waals surface area (Å²) in [6, 6.07) is 7.69. The highest BCUT2D eigenvalue weighted by molar-refractivity contribution is 6.07. The number of carbonyl (C=O) groups excluding carboxylic acids is 3. The molecule has 3 heterocycles. The third-order valence-corrected chi connectivity index (χ3v) is 7.40. The van der Waals surface area contributed by atoms with Crippen molar-refractivity contribution in [1.82, 2.24) is 15.1 Å². The van der Waals surface area contributed by atoms with Crippen LogP contribution in [-0.2, 0) is 20.7 Å². The number of piperidine rings is 1. The predicted molar refractivity (Wildman–Crippen MR) is 121 cm³/mol. The first-order valence-electron chi connectivity index (χ1n) is 12.0. The van der Waals surface area contributed by atoms with Gasteiger partial charge in [-0.1, -0.05) is 37.6 Å². The van der Waals surface area contributed by atoms with Crippen LogP contribution < -0.4 is 5.32 Å². The van der Waals surface area contributed by atoms with Gasteiger partial charge >= 0.3 is 6.03 Å². The molecule has 0 unspecified atom stereocenters. The third-order valence-electron chi connectivity index (χ3n) is 7.40. The number of hydrogen-bond acceptors (Lipinski definition) is 4. The summed E-state index contributed by atoms with van der Waals surface area (Å²) in [5.41, 5.74) is 1.34. The van der Waals surface area contributed by atoms with Crippen LogP contribution in [0.2, 0.25) is 0 Å². The zero-order chi connectivity index (χ0) is 22.7. The van der Waals surface area contributed by atoms with E-state index in [2.05, 4.69) is 5.32 Å². The zero-order valence-electron chi connectivity index (χ0n) is 19.3. The maximum Gasteiger partial charge on any atom is 0.325 e. The van der Waals surface area contributed by atoms with Gasteiger partial charge in [-0.15, -0.1) is 0 Å². The Bertz CT molecular complexity index is 858. The van der Waals surface area contributed by atoms with E-state index < -0.39 is 5.54 Å². The maximum absolute atomic E-state index is 13.5. The summed E-state index contributed by atoms with van der Waals surface area (Å²) in [7, 11) is 0. The van der Waals surface area contributed by atoms with Crippen molar-refractivity contribution in [2.24, 2.45) is 5.92 Å². The molecule has 4 amide bonds. The Labute approximate surface area is 190 Å². The summed E-state index contributed by atoms with van der Waals surface area (Å²) in [4.78, 5) is 42.5. The summed E-state index contributed by atoms with van der Waals surface area (Å²) in [5.74, 6) is 0.0597. The number of ether oxygens (including phenoxy) is 1. The topological polar surface area (TPSA) is 79.0 Å². The van der Waals surface area contributed by atoms with Crippen molar-refractivity contribution < 1.29 is 19.1 Å². The summed E-state index contributed by atoms with van der Waals surface area (Å²) in [6.07, 6.45) is 5.10. The Morgan fingerprint density at radius 3 is 2.59 bits per heavy atom. The van der Waals surface area contributed by atoms with Crippen molar-refractivity contribution in [3.05, 3.63) is 35.4 Å². The monoisotopic (exact) mass is 441 g/mol. The van der Waals surface area contributed by atoms with Crippen LogP contribution in [0.15, 0.2) is 24.3 Å². The fourth-order valence-electron chi connectivity index (χ4n) is 5.55. The molecule has 4 rings (SSSR count). The molecule has 3 aliphatic heterocycles. The molecule has 2 atom stereocenters. The molecule has 1 aromatic rings. The van der Waals surface area contributed by atoms with Crippen LogP contribution in [0, 0.1) is 12.8 Å². The molecule has 174 valence electrons. The second kappa shape index (κ2) is 9.61. The van der Waals surface area contributed by atoms with Gasteiger partial charge in [0.25, 0.3) is 5.91 Å². The van der Waals surface area contributed by atoms with Crippen LogP contribution >= 0.6 is 0 Å². The van der Waals surface area contributed by atoms with Crippen molar-refractivity contribution in [1.29, 1.82) is 0 Å². The minimum Gasteiger partial charge on any atom is -0.376 e. The molecular formula is C25H35N3O4. The van der Waals surface area contributed by atoms with Crippen LogP contribution in [0.3, 0.4) is 0 Å². The summed E-state index contributed by atoms with van der Waals surface area (Å²) in [5, 5.41) is 3.08. The molecule has 0 aromatic heterocycles. The van der Waals surface area contributed by atoms with Crippen molar-refractivity contribution in [2.75, 3.05) is 26.2 Å². The number of likely N-dealkylation sites (tertiary alicyclic amines) is 1. The van der Waals surface area contributed by atoms with Gasteiger partial charge in [-0.2, -0.15) is 0 Å². The highest BCUT2D eigenvalue weighted by atomic mass is 16.5. The summed E-state index contributed by atoms with van der Waals surface area (Å²) >= 11 is 0. The van der Waals surface area contributed by atoms with Gasteiger partial charge in [0, 0.05) is 19.7 Å². The van der Waals surface area contributed by atoms with Crippen LogP contribution in [0.5, 0.6) is 0 Å². The highest BCUT2D eigenvalue weighted by Crippen LogP contribution is 2.37. The van der Waals surface area contributed by atoms with E-state index in [0.29, 0.717) is 39.1 Å². The van der Waals surface area contributed by atoms with E-state index in [0.717, 1.165) is 43.2 Å². The second-order valence-electron chi connectivity index (χ2n) is 9.46. The number of nitrogens with zero attached hydrogens (tertiary/aromatic N) is 2. The molecule has 1 N–H and O–H groups in total. The van der Waals surface area contributed by atoms with Gasteiger partial charge in [-0.05, 0) is 56.1 Å². The molecule has 7 nitrogen and oxygen atoms in total. The lowest BCUT2D eigenvalue weighted by molar-refractivity contribution is -0.136. The van der Waals surface area contributed by atoms with E-state index >= 15 is 0 Å². The SMILES string of the molecule is CCC[C@]1(C2CCN(C(=O)Cc3ccccc3C)CC2)NC(=O)N(C[C@@H]2CCCO2)C1=O. The lowest BCUT2D eigenvalue weighted by atomic mass is 9.74. The summed E-state index contributed by atoms with van der Waals surface area (Å²) in [6.45, 7) is 6.35. The lowest BCUT2D eigenvalue weighted by Crippen LogP contribution is -2.56. The van der Waals surface area contributed by atoms with Crippen molar-refractivity contribution >= 4 is 17.8 Å². The minimum atomic E-state index is -0.852. The quantitative estimate of drug-likeness (QED) is 0.660. The molecule has 0 aliphatic carbocycles.